The number of carbonyl (C=O) groups excluding carboxylic acids is 1. The van der Waals surface area contributed by atoms with Crippen molar-refractivity contribution in [3.05, 3.63) is 11.7 Å². The predicted octanol–water partition coefficient (Wildman–Crippen LogP) is 1.45. The standard InChI is InChI=1S/C16H24N4O3.ClH/c1-10-13(17-6-8-22-10)16(21)20-7-2-3-12(9-20)14-18-15(23-19-14)11-4-5-11;/h10-13,17H,2-9H2,1H3;1H/t10-,12?,13+;/m1./s1. The number of hydrogen-bond acceptors (Lipinski definition) is 6. The maximum absolute atomic E-state index is 12.8. The van der Waals surface area contributed by atoms with Gasteiger partial charge in [-0.05, 0) is 32.6 Å². The van der Waals surface area contributed by atoms with Gasteiger partial charge in [0, 0.05) is 31.5 Å². The minimum Gasteiger partial charge on any atom is -0.375 e. The van der Waals surface area contributed by atoms with Crippen molar-refractivity contribution in [3.63, 3.8) is 0 Å². The van der Waals surface area contributed by atoms with E-state index in [0.717, 1.165) is 50.5 Å². The third-order valence-electron chi connectivity index (χ3n) is 5.06. The van der Waals surface area contributed by atoms with Crippen LogP contribution in [0.5, 0.6) is 0 Å². The summed E-state index contributed by atoms with van der Waals surface area (Å²) in [7, 11) is 0. The molecule has 3 aliphatic rings. The maximum Gasteiger partial charge on any atom is 0.242 e. The van der Waals surface area contributed by atoms with Gasteiger partial charge in [-0.15, -0.1) is 12.4 Å². The monoisotopic (exact) mass is 356 g/mol. The summed E-state index contributed by atoms with van der Waals surface area (Å²) in [6, 6.07) is -0.241. The molecule has 4 rings (SSSR count). The maximum atomic E-state index is 12.8. The predicted molar refractivity (Wildman–Crippen MR) is 89.3 cm³/mol. The van der Waals surface area contributed by atoms with E-state index in [9.17, 15) is 4.79 Å². The van der Waals surface area contributed by atoms with Crippen molar-refractivity contribution >= 4 is 18.3 Å². The van der Waals surface area contributed by atoms with Crippen molar-refractivity contribution in [2.24, 2.45) is 0 Å². The molecule has 1 saturated carbocycles. The van der Waals surface area contributed by atoms with Crippen molar-refractivity contribution in [2.75, 3.05) is 26.2 Å². The van der Waals surface area contributed by atoms with Gasteiger partial charge >= 0.3 is 0 Å². The number of morpholine rings is 1. The first-order chi connectivity index (χ1) is 11.2. The molecule has 1 amide bonds. The number of ether oxygens (including phenoxy) is 1. The number of nitrogens with zero attached hydrogens (tertiary/aromatic N) is 3. The Morgan fingerprint density at radius 3 is 2.88 bits per heavy atom. The first-order valence-electron chi connectivity index (χ1n) is 8.69. The molecule has 1 aromatic heterocycles. The lowest BCUT2D eigenvalue weighted by molar-refractivity contribution is -0.140. The molecule has 1 aliphatic carbocycles. The Bertz CT molecular complexity index is 577. The lowest BCUT2D eigenvalue weighted by atomic mass is 9.96. The Hall–Kier alpha value is -1.18. The number of piperidine rings is 1. The molecule has 8 heteroatoms. The fourth-order valence-corrected chi connectivity index (χ4v) is 3.50. The van der Waals surface area contributed by atoms with Crippen LogP contribution < -0.4 is 5.32 Å². The Balaban J connectivity index is 0.00000169. The quantitative estimate of drug-likeness (QED) is 0.883. The molecule has 24 heavy (non-hydrogen) atoms. The van der Waals surface area contributed by atoms with Gasteiger partial charge in [-0.1, -0.05) is 5.16 Å². The molecule has 3 atom stereocenters. The molecule has 1 unspecified atom stereocenters. The normalized spacial score (nSPS) is 30.7. The van der Waals surface area contributed by atoms with Crippen LogP contribution in [-0.2, 0) is 9.53 Å². The number of amides is 1. The van der Waals surface area contributed by atoms with Crippen LogP contribution in [0.25, 0.3) is 0 Å². The minimum absolute atomic E-state index is 0. The van der Waals surface area contributed by atoms with Crippen molar-refractivity contribution in [3.8, 4) is 0 Å². The molecule has 1 N–H and O–H groups in total. The highest BCUT2D eigenvalue weighted by atomic mass is 35.5. The number of nitrogens with one attached hydrogen (secondary N) is 1. The highest BCUT2D eigenvalue weighted by Crippen LogP contribution is 2.39. The molecular formula is C16H25ClN4O3. The van der Waals surface area contributed by atoms with E-state index in [4.69, 9.17) is 9.26 Å². The Morgan fingerprint density at radius 2 is 2.12 bits per heavy atom. The molecule has 0 aromatic carbocycles. The molecule has 0 spiro atoms. The van der Waals surface area contributed by atoms with E-state index in [1.165, 1.54) is 0 Å². The van der Waals surface area contributed by atoms with Crippen molar-refractivity contribution in [1.82, 2.24) is 20.4 Å². The molecule has 1 aromatic rings. The summed E-state index contributed by atoms with van der Waals surface area (Å²) in [4.78, 5) is 19.3. The number of halogens is 1. The second-order valence-electron chi connectivity index (χ2n) is 6.90. The van der Waals surface area contributed by atoms with Crippen LogP contribution in [0.3, 0.4) is 0 Å². The number of aromatic nitrogens is 2. The average molecular weight is 357 g/mol. The van der Waals surface area contributed by atoms with E-state index in [2.05, 4.69) is 15.5 Å². The zero-order valence-corrected chi connectivity index (χ0v) is 14.8. The summed E-state index contributed by atoms with van der Waals surface area (Å²) in [5.74, 6) is 2.34. The Morgan fingerprint density at radius 1 is 1.29 bits per heavy atom. The number of hydrogen-bond donors (Lipinski definition) is 1. The zero-order valence-electron chi connectivity index (χ0n) is 13.9. The van der Waals surface area contributed by atoms with Crippen LogP contribution in [0, 0.1) is 0 Å². The van der Waals surface area contributed by atoms with Gasteiger partial charge in [0.1, 0.15) is 6.04 Å². The van der Waals surface area contributed by atoms with E-state index in [1.807, 2.05) is 11.8 Å². The molecule has 0 bridgehead atoms. The summed E-state index contributed by atoms with van der Waals surface area (Å²) in [6.07, 6.45) is 4.22. The van der Waals surface area contributed by atoms with Crippen LogP contribution in [-0.4, -0.2) is 59.3 Å². The van der Waals surface area contributed by atoms with E-state index in [0.29, 0.717) is 19.1 Å². The molecular weight excluding hydrogens is 332 g/mol. The van der Waals surface area contributed by atoms with Gasteiger partial charge in [0.2, 0.25) is 11.8 Å². The van der Waals surface area contributed by atoms with Gasteiger partial charge in [0.25, 0.3) is 0 Å². The Kier molecular flexibility index (Phi) is 5.42. The van der Waals surface area contributed by atoms with Gasteiger partial charge < -0.3 is 19.5 Å². The topological polar surface area (TPSA) is 80.5 Å². The third-order valence-corrected chi connectivity index (χ3v) is 5.06. The van der Waals surface area contributed by atoms with Crippen LogP contribution >= 0.6 is 12.4 Å². The highest BCUT2D eigenvalue weighted by molar-refractivity contribution is 5.85. The van der Waals surface area contributed by atoms with Crippen molar-refractivity contribution < 1.29 is 14.1 Å². The van der Waals surface area contributed by atoms with Crippen LogP contribution in [0.2, 0.25) is 0 Å². The zero-order chi connectivity index (χ0) is 15.8. The summed E-state index contributed by atoms with van der Waals surface area (Å²) in [5.41, 5.74) is 0. The molecule has 3 fully saturated rings. The van der Waals surface area contributed by atoms with Crippen molar-refractivity contribution in [1.29, 1.82) is 0 Å². The fourth-order valence-electron chi connectivity index (χ4n) is 3.50. The third kappa shape index (κ3) is 3.58. The second-order valence-corrected chi connectivity index (χ2v) is 6.90. The molecule has 3 heterocycles. The van der Waals surface area contributed by atoms with Gasteiger partial charge in [-0.25, -0.2) is 0 Å². The highest BCUT2D eigenvalue weighted by Gasteiger charge is 2.36. The van der Waals surface area contributed by atoms with Crippen LogP contribution in [0.4, 0.5) is 0 Å². The van der Waals surface area contributed by atoms with Crippen LogP contribution in [0.1, 0.15) is 56.2 Å². The van der Waals surface area contributed by atoms with Gasteiger partial charge in [-0.3, -0.25) is 4.79 Å². The van der Waals surface area contributed by atoms with E-state index in [-0.39, 0.29) is 36.4 Å². The van der Waals surface area contributed by atoms with Gasteiger partial charge in [0.15, 0.2) is 5.82 Å². The fraction of sp³-hybridized carbons (Fsp3) is 0.812. The molecule has 2 saturated heterocycles. The van der Waals surface area contributed by atoms with Crippen molar-refractivity contribution in [2.45, 2.75) is 56.6 Å². The van der Waals surface area contributed by atoms with E-state index < -0.39 is 0 Å². The van der Waals surface area contributed by atoms with Gasteiger partial charge in [0.05, 0.1) is 12.7 Å². The minimum atomic E-state index is -0.241. The lowest BCUT2D eigenvalue weighted by Crippen LogP contribution is -2.57. The smallest absolute Gasteiger partial charge is 0.242 e. The number of carbonyl (C=O) groups is 1. The molecule has 7 nitrogen and oxygen atoms in total. The number of rotatable bonds is 3. The summed E-state index contributed by atoms with van der Waals surface area (Å²) < 4.78 is 11.0. The van der Waals surface area contributed by atoms with Crippen LogP contribution in [0.15, 0.2) is 4.52 Å². The largest absolute Gasteiger partial charge is 0.375 e. The lowest BCUT2D eigenvalue weighted by Gasteiger charge is -2.37. The van der Waals surface area contributed by atoms with Gasteiger partial charge in [-0.2, -0.15) is 4.98 Å². The van der Waals surface area contributed by atoms with E-state index in [1.54, 1.807) is 0 Å². The summed E-state index contributed by atoms with van der Waals surface area (Å²) in [5, 5.41) is 7.44. The molecule has 0 radical (unpaired) electrons. The first kappa shape index (κ1) is 17.6. The SMILES string of the molecule is C[C@H]1OCCN[C@@H]1C(=O)N1CCCC(c2noc(C3CC3)n2)C1.Cl. The molecule has 2 aliphatic heterocycles. The summed E-state index contributed by atoms with van der Waals surface area (Å²) >= 11 is 0. The Labute approximate surface area is 147 Å². The first-order valence-corrected chi connectivity index (χ1v) is 8.69. The number of likely N-dealkylation sites (tertiary alicyclic amines) is 1. The second kappa shape index (κ2) is 7.37. The van der Waals surface area contributed by atoms with E-state index >= 15 is 0 Å². The average Bonchev–Trinajstić information content (AvgIpc) is 3.32. The molecule has 134 valence electrons. The summed E-state index contributed by atoms with van der Waals surface area (Å²) in [6.45, 7) is 4.83.